The van der Waals surface area contributed by atoms with Crippen LogP contribution in [0, 0.1) is 20.8 Å². The number of aromatic nitrogens is 2. The van der Waals surface area contributed by atoms with Gasteiger partial charge in [-0.1, -0.05) is 30.3 Å². The van der Waals surface area contributed by atoms with Crippen LogP contribution in [0.1, 0.15) is 51.1 Å². The standard InChI is InChI=1S/C21H23N3OS/c1-13-18-14(2)22-15(3)23-20(18)26-19(13)21(25)24-11-9-17(10-12-24)16-7-5-4-6-8-16/h4-8,17H,9-12H2,1-3H3. The molecule has 1 saturated heterocycles. The molecule has 2 aromatic heterocycles. The van der Waals surface area contributed by atoms with Crippen LogP contribution in [0.15, 0.2) is 30.3 Å². The molecular formula is C21H23N3OS. The normalized spacial score (nSPS) is 15.6. The third-order valence-electron chi connectivity index (χ3n) is 5.33. The van der Waals surface area contributed by atoms with Gasteiger partial charge in [0.2, 0.25) is 0 Å². The fraction of sp³-hybridized carbons (Fsp3) is 0.381. The van der Waals surface area contributed by atoms with Crippen LogP contribution < -0.4 is 0 Å². The van der Waals surface area contributed by atoms with Gasteiger partial charge in [-0.15, -0.1) is 11.3 Å². The Bertz CT molecular complexity index is 956. The highest BCUT2D eigenvalue weighted by Crippen LogP contribution is 2.34. The van der Waals surface area contributed by atoms with E-state index >= 15 is 0 Å². The van der Waals surface area contributed by atoms with Gasteiger partial charge in [0.15, 0.2) is 0 Å². The third-order valence-corrected chi connectivity index (χ3v) is 6.50. The molecule has 1 aliphatic rings. The number of thiophene rings is 1. The predicted molar refractivity (Wildman–Crippen MR) is 106 cm³/mol. The van der Waals surface area contributed by atoms with Crippen LogP contribution in [-0.4, -0.2) is 33.9 Å². The highest BCUT2D eigenvalue weighted by Gasteiger charge is 2.27. The second kappa shape index (κ2) is 6.80. The van der Waals surface area contributed by atoms with Gasteiger partial charge < -0.3 is 4.90 Å². The maximum absolute atomic E-state index is 13.1. The molecule has 0 bridgehead atoms. The predicted octanol–water partition coefficient (Wildman–Crippen LogP) is 4.64. The summed E-state index contributed by atoms with van der Waals surface area (Å²) in [6.45, 7) is 7.55. The average molecular weight is 366 g/mol. The Morgan fingerprint density at radius 1 is 1.08 bits per heavy atom. The summed E-state index contributed by atoms with van der Waals surface area (Å²) >= 11 is 1.51. The fourth-order valence-electron chi connectivity index (χ4n) is 3.96. The molecule has 1 amide bonds. The number of carbonyl (C=O) groups excluding carboxylic acids is 1. The van der Waals surface area contributed by atoms with Crippen molar-refractivity contribution in [3.63, 3.8) is 0 Å². The molecule has 3 heterocycles. The summed E-state index contributed by atoms with van der Waals surface area (Å²) in [6, 6.07) is 10.6. The van der Waals surface area contributed by atoms with Crippen LogP contribution in [0.5, 0.6) is 0 Å². The maximum atomic E-state index is 13.1. The monoisotopic (exact) mass is 365 g/mol. The molecule has 5 heteroatoms. The van der Waals surface area contributed by atoms with Crippen molar-refractivity contribution in [2.75, 3.05) is 13.1 Å². The van der Waals surface area contributed by atoms with Gasteiger partial charge >= 0.3 is 0 Å². The number of amides is 1. The molecule has 134 valence electrons. The topological polar surface area (TPSA) is 46.1 Å². The van der Waals surface area contributed by atoms with Gasteiger partial charge in [-0.2, -0.15) is 0 Å². The zero-order valence-corrected chi connectivity index (χ0v) is 16.3. The lowest BCUT2D eigenvalue weighted by Gasteiger charge is -2.32. The minimum absolute atomic E-state index is 0.147. The van der Waals surface area contributed by atoms with Crippen LogP contribution in [0.3, 0.4) is 0 Å². The second-order valence-electron chi connectivity index (χ2n) is 7.07. The molecule has 0 N–H and O–H groups in total. The van der Waals surface area contributed by atoms with Crippen LogP contribution in [0.25, 0.3) is 10.2 Å². The molecular weight excluding hydrogens is 342 g/mol. The lowest BCUT2D eigenvalue weighted by atomic mass is 9.89. The van der Waals surface area contributed by atoms with E-state index in [-0.39, 0.29) is 5.91 Å². The molecule has 0 unspecified atom stereocenters. The Kier molecular flexibility index (Phi) is 4.49. The second-order valence-corrected chi connectivity index (χ2v) is 8.07. The lowest BCUT2D eigenvalue weighted by Crippen LogP contribution is -2.37. The van der Waals surface area contributed by atoms with E-state index in [0.717, 1.165) is 58.1 Å². The molecule has 1 aliphatic heterocycles. The number of benzene rings is 1. The first-order chi connectivity index (χ1) is 12.5. The maximum Gasteiger partial charge on any atom is 0.264 e. The molecule has 1 fully saturated rings. The van der Waals surface area contributed by atoms with Gasteiger partial charge in [0, 0.05) is 24.2 Å². The van der Waals surface area contributed by atoms with Crippen molar-refractivity contribution in [1.29, 1.82) is 0 Å². The molecule has 4 nitrogen and oxygen atoms in total. The average Bonchev–Trinajstić information content (AvgIpc) is 2.98. The summed E-state index contributed by atoms with van der Waals surface area (Å²) in [4.78, 5) is 25.9. The quantitative estimate of drug-likeness (QED) is 0.665. The Balaban J connectivity index is 1.55. The Morgan fingerprint density at radius 2 is 1.77 bits per heavy atom. The lowest BCUT2D eigenvalue weighted by molar-refractivity contribution is 0.0717. The van der Waals surface area contributed by atoms with E-state index in [4.69, 9.17) is 0 Å². The van der Waals surface area contributed by atoms with E-state index in [1.165, 1.54) is 16.9 Å². The Morgan fingerprint density at radius 3 is 2.46 bits per heavy atom. The van der Waals surface area contributed by atoms with Crippen molar-refractivity contribution in [2.24, 2.45) is 0 Å². The van der Waals surface area contributed by atoms with Gasteiger partial charge in [-0.25, -0.2) is 9.97 Å². The number of fused-ring (bicyclic) bond motifs is 1. The highest BCUT2D eigenvalue weighted by atomic mass is 32.1. The smallest absolute Gasteiger partial charge is 0.264 e. The summed E-state index contributed by atoms with van der Waals surface area (Å²) in [5.74, 6) is 1.47. The summed E-state index contributed by atoms with van der Waals surface area (Å²) in [5.41, 5.74) is 3.37. The SMILES string of the molecule is Cc1nc(C)c2c(C)c(C(=O)N3CCC(c4ccccc4)CC3)sc2n1. The fourth-order valence-corrected chi connectivity index (χ4v) is 5.21. The van der Waals surface area contributed by atoms with Gasteiger partial charge in [-0.3, -0.25) is 4.79 Å². The molecule has 0 atom stereocenters. The summed E-state index contributed by atoms with van der Waals surface area (Å²) in [6.07, 6.45) is 2.05. The van der Waals surface area contributed by atoms with E-state index in [1.54, 1.807) is 0 Å². The van der Waals surface area contributed by atoms with E-state index in [1.807, 2.05) is 25.7 Å². The van der Waals surface area contributed by atoms with E-state index < -0.39 is 0 Å². The zero-order valence-electron chi connectivity index (χ0n) is 15.5. The molecule has 0 radical (unpaired) electrons. The number of likely N-dealkylation sites (tertiary alicyclic amines) is 1. The molecule has 4 rings (SSSR count). The van der Waals surface area contributed by atoms with E-state index in [2.05, 4.69) is 40.3 Å². The van der Waals surface area contributed by atoms with Crippen LogP contribution in [-0.2, 0) is 0 Å². The molecule has 1 aromatic carbocycles. The molecule has 0 aliphatic carbocycles. The van der Waals surface area contributed by atoms with Gasteiger partial charge in [0.05, 0.1) is 4.88 Å². The van der Waals surface area contributed by atoms with Crippen LogP contribution in [0.2, 0.25) is 0 Å². The van der Waals surface area contributed by atoms with Crippen molar-refractivity contribution in [3.05, 3.63) is 57.9 Å². The molecule has 3 aromatic rings. The largest absolute Gasteiger partial charge is 0.338 e. The number of hydrogen-bond acceptors (Lipinski definition) is 4. The van der Waals surface area contributed by atoms with Crippen molar-refractivity contribution in [2.45, 2.75) is 39.5 Å². The third kappa shape index (κ3) is 3.01. The number of piperidine rings is 1. The van der Waals surface area contributed by atoms with Gasteiger partial charge in [-0.05, 0) is 50.7 Å². The Labute approximate surface area is 157 Å². The van der Waals surface area contributed by atoms with E-state index in [0.29, 0.717) is 5.92 Å². The first-order valence-electron chi connectivity index (χ1n) is 9.13. The number of rotatable bonds is 2. The van der Waals surface area contributed by atoms with Crippen molar-refractivity contribution >= 4 is 27.5 Å². The van der Waals surface area contributed by atoms with Gasteiger partial charge in [0.1, 0.15) is 10.7 Å². The molecule has 0 spiro atoms. The van der Waals surface area contributed by atoms with Crippen molar-refractivity contribution < 1.29 is 4.79 Å². The van der Waals surface area contributed by atoms with Crippen molar-refractivity contribution in [1.82, 2.24) is 14.9 Å². The first-order valence-corrected chi connectivity index (χ1v) is 9.95. The summed E-state index contributed by atoms with van der Waals surface area (Å²) in [5, 5.41) is 1.04. The highest BCUT2D eigenvalue weighted by molar-refractivity contribution is 7.20. The van der Waals surface area contributed by atoms with E-state index in [9.17, 15) is 4.79 Å². The summed E-state index contributed by atoms with van der Waals surface area (Å²) in [7, 11) is 0. The number of hydrogen-bond donors (Lipinski definition) is 0. The van der Waals surface area contributed by atoms with Gasteiger partial charge in [0.25, 0.3) is 5.91 Å². The number of carbonyl (C=O) groups is 1. The number of nitrogens with zero attached hydrogens (tertiary/aromatic N) is 3. The minimum atomic E-state index is 0.147. The zero-order chi connectivity index (χ0) is 18.3. The van der Waals surface area contributed by atoms with Crippen LogP contribution >= 0.6 is 11.3 Å². The molecule has 0 saturated carbocycles. The Hall–Kier alpha value is -2.27. The van der Waals surface area contributed by atoms with Crippen LogP contribution in [0.4, 0.5) is 0 Å². The first kappa shape index (κ1) is 17.2. The van der Waals surface area contributed by atoms with Crippen molar-refractivity contribution in [3.8, 4) is 0 Å². The summed E-state index contributed by atoms with van der Waals surface area (Å²) < 4.78 is 0. The molecule has 26 heavy (non-hydrogen) atoms. The number of aryl methyl sites for hydroxylation is 3. The minimum Gasteiger partial charge on any atom is -0.338 e.